The van der Waals surface area contributed by atoms with Gasteiger partial charge in [0.15, 0.2) is 5.16 Å². The van der Waals surface area contributed by atoms with Crippen molar-refractivity contribution in [1.29, 1.82) is 5.26 Å². The van der Waals surface area contributed by atoms with Gasteiger partial charge in [-0.25, -0.2) is 4.39 Å². The van der Waals surface area contributed by atoms with E-state index in [2.05, 4.69) is 26.2 Å². The zero-order chi connectivity index (χ0) is 21.4. The normalized spacial score (nSPS) is 13.3. The molecule has 1 aliphatic rings. The fourth-order valence-electron chi connectivity index (χ4n) is 3.50. The molecule has 30 heavy (non-hydrogen) atoms. The standard InChI is InChI=1S/C21H21FN6OS/c1-12-13(2)27(17-6-4-5-15(22)9-17)20(18(12)10-23)24-19(29)11-30-21-26-25-14(3)28(21)16-7-8-16/h4-6,9,16H,7-8,11H2,1-3H3,(H,24,29). The number of amides is 1. The molecule has 0 radical (unpaired) electrons. The van der Waals surface area contributed by atoms with E-state index >= 15 is 0 Å². The fraction of sp³-hybridized carbons (Fsp3) is 0.333. The Morgan fingerprint density at radius 3 is 2.77 bits per heavy atom. The molecular weight excluding hydrogens is 403 g/mol. The van der Waals surface area contributed by atoms with Gasteiger partial charge >= 0.3 is 0 Å². The van der Waals surface area contributed by atoms with Gasteiger partial charge in [-0.1, -0.05) is 17.8 Å². The summed E-state index contributed by atoms with van der Waals surface area (Å²) < 4.78 is 17.6. The number of aryl methyl sites for hydroxylation is 1. The van der Waals surface area contributed by atoms with E-state index in [1.165, 1.54) is 23.9 Å². The van der Waals surface area contributed by atoms with E-state index in [9.17, 15) is 14.4 Å². The Morgan fingerprint density at radius 2 is 2.10 bits per heavy atom. The number of hydrogen-bond acceptors (Lipinski definition) is 5. The highest BCUT2D eigenvalue weighted by Crippen LogP contribution is 2.38. The van der Waals surface area contributed by atoms with Gasteiger partial charge in [0.1, 0.15) is 23.5 Å². The summed E-state index contributed by atoms with van der Waals surface area (Å²) in [6.07, 6.45) is 2.20. The van der Waals surface area contributed by atoms with Crippen LogP contribution in [0.2, 0.25) is 0 Å². The topological polar surface area (TPSA) is 88.5 Å². The first-order valence-electron chi connectivity index (χ1n) is 9.62. The highest BCUT2D eigenvalue weighted by atomic mass is 32.2. The molecular formula is C21H21FN6OS. The van der Waals surface area contributed by atoms with Gasteiger partial charge in [-0.15, -0.1) is 10.2 Å². The third-order valence-electron chi connectivity index (χ3n) is 5.23. The number of carbonyl (C=O) groups excluding carboxylic acids is 1. The molecule has 7 nitrogen and oxygen atoms in total. The molecule has 1 amide bonds. The molecule has 1 aromatic carbocycles. The van der Waals surface area contributed by atoms with Gasteiger partial charge in [-0.3, -0.25) is 9.36 Å². The van der Waals surface area contributed by atoms with Crippen LogP contribution in [0.1, 0.15) is 41.5 Å². The lowest BCUT2D eigenvalue weighted by Gasteiger charge is -2.13. The van der Waals surface area contributed by atoms with E-state index in [1.807, 2.05) is 20.8 Å². The molecule has 154 valence electrons. The summed E-state index contributed by atoms with van der Waals surface area (Å²) in [6.45, 7) is 5.56. The van der Waals surface area contributed by atoms with E-state index in [4.69, 9.17) is 0 Å². The number of benzene rings is 1. The van der Waals surface area contributed by atoms with E-state index in [0.717, 1.165) is 35.1 Å². The monoisotopic (exact) mass is 424 g/mol. The maximum Gasteiger partial charge on any atom is 0.236 e. The van der Waals surface area contributed by atoms with Gasteiger partial charge < -0.3 is 9.88 Å². The van der Waals surface area contributed by atoms with Gasteiger partial charge in [0.05, 0.1) is 17.0 Å². The van der Waals surface area contributed by atoms with Crippen LogP contribution in [0.15, 0.2) is 29.4 Å². The fourth-order valence-corrected chi connectivity index (χ4v) is 4.35. The second-order valence-corrected chi connectivity index (χ2v) is 8.27. The van der Waals surface area contributed by atoms with Crippen LogP contribution in [0.4, 0.5) is 10.2 Å². The molecule has 1 saturated carbocycles. The molecule has 0 aliphatic heterocycles. The van der Waals surface area contributed by atoms with Crippen LogP contribution in [0, 0.1) is 37.9 Å². The van der Waals surface area contributed by atoms with Crippen molar-refractivity contribution in [3.8, 4) is 11.8 Å². The SMILES string of the molecule is Cc1c(C#N)c(NC(=O)CSc2nnc(C)n2C2CC2)n(-c2cccc(F)c2)c1C. The summed E-state index contributed by atoms with van der Waals surface area (Å²) in [7, 11) is 0. The third-order valence-corrected chi connectivity index (χ3v) is 6.17. The molecule has 1 N–H and O–H groups in total. The number of thioether (sulfide) groups is 1. The van der Waals surface area contributed by atoms with E-state index in [0.29, 0.717) is 23.1 Å². The number of aromatic nitrogens is 4. The Morgan fingerprint density at radius 1 is 1.33 bits per heavy atom. The van der Waals surface area contributed by atoms with Crippen molar-refractivity contribution in [3.63, 3.8) is 0 Å². The summed E-state index contributed by atoms with van der Waals surface area (Å²) in [5.74, 6) is 0.665. The largest absolute Gasteiger partial charge is 0.310 e. The maximum absolute atomic E-state index is 13.8. The minimum absolute atomic E-state index is 0.127. The Bertz CT molecular complexity index is 1170. The minimum Gasteiger partial charge on any atom is -0.310 e. The van der Waals surface area contributed by atoms with E-state index in [1.54, 1.807) is 16.7 Å². The third kappa shape index (κ3) is 3.71. The molecule has 3 aromatic rings. The summed E-state index contributed by atoms with van der Waals surface area (Å²) in [4.78, 5) is 12.7. The first-order valence-corrected chi connectivity index (χ1v) is 10.6. The van der Waals surface area contributed by atoms with Crippen molar-refractivity contribution in [2.24, 2.45) is 0 Å². The molecule has 0 spiro atoms. The predicted octanol–water partition coefficient (Wildman–Crippen LogP) is 4.07. The zero-order valence-corrected chi connectivity index (χ0v) is 17.8. The summed E-state index contributed by atoms with van der Waals surface area (Å²) >= 11 is 1.32. The molecule has 4 rings (SSSR count). The Hall–Kier alpha value is -3.12. The predicted molar refractivity (Wildman–Crippen MR) is 112 cm³/mol. The highest BCUT2D eigenvalue weighted by Gasteiger charge is 2.29. The van der Waals surface area contributed by atoms with Gasteiger partial charge in [0.2, 0.25) is 5.91 Å². The molecule has 2 aromatic heterocycles. The van der Waals surface area contributed by atoms with Crippen LogP contribution in [-0.4, -0.2) is 31.0 Å². The van der Waals surface area contributed by atoms with Gasteiger partial charge in [-0.2, -0.15) is 5.26 Å². The van der Waals surface area contributed by atoms with Crippen LogP contribution >= 0.6 is 11.8 Å². The van der Waals surface area contributed by atoms with E-state index < -0.39 is 0 Å². The number of hydrogen-bond donors (Lipinski definition) is 1. The molecule has 9 heteroatoms. The Kier molecular flexibility index (Phi) is 5.35. The van der Waals surface area contributed by atoms with E-state index in [-0.39, 0.29) is 17.5 Å². The molecule has 0 atom stereocenters. The summed E-state index contributed by atoms with van der Waals surface area (Å²) in [6, 6.07) is 8.65. The van der Waals surface area contributed by atoms with Gasteiger partial charge in [0.25, 0.3) is 0 Å². The lowest BCUT2D eigenvalue weighted by molar-refractivity contribution is -0.113. The smallest absolute Gasteiger partial charge is 0.236 e. The number of carbonyl (C=O) groups is 1. The number of halogens is 1. The first-order chi connectivity index (χ1) is 14.4. The van der Waals surface area contributed by atoms with Crippen LogP contribution in [0.3, 0.4) is 0 Å². The molecule has 1 aliphatic carbocycles. The summed E-state index contributed by atoms with van der Waals surface area (Å²) in [5.41, 5.74) is 2.43. The Balaban J connectivity index is 1.59. The molecule has 0 unspecified atom stereocenters. The van der Waals surface area contributed by atoms with Gasteiger partial charge in [0, 0.05) is 11.7 Å². The van der Waals surface area contributed by atoms with Crippen LogP contribution in [0.5, 0.6) is 0 Å². The molecule has 1 fully saturated rings. The number of nitrogens with one attached hydrogen (secondary N) is 1. The van der Waals surface area contributed by atoms with Crippen LogP contribution in [0.25, 0.3) is 5.69 Å². The van der Waals surface area contributed by atoms with Crippen molar-refractivity contribution in [2.75, 3.05) is 11.1 Å². The second kappa shape index (κ2) is 7.95. The second-order valence-electron chi connectivity index (χ2n) is 7.33. The minimum atomic E-state index is -0.389. The molecule has 0 saturated heterocycles. The first kappa shape index (κ1) is 20.2. The number of anilines is 1. The highest BCUT2D eigenvalue weighted by molar-refractivity contribution is 7.99. The number of rotatable bonds is 6. The van der Waals surface area contributed by atoms with Crippen molar-refractivity contribution in [1.82, 2.24) is 19.3 Å². The average Bonchev–Trinajstić information content (AvgIpc) is 3.44. The molecule has 2 heterocycles. The van der Waals surface area contributed by atoms with Crippen LogP contribution < -0.4 is 5.32 Å². The van der Waals surface area contributed by atoms with Crippen molar-refractivity contribution in [2.45, 2.75) is 44.8 Å². The van der Waals surface area contributed by atoms with Crippen LogP contribution in [-0.2, 0) is 4.79 Å². The number of nitriles is 1. The quantitative estimate of drug-likeness (QED) is 0.603. The lowest BCUT2D eigenvalue weighted by Crippen LogP contribution is -2.18. The van der Waals surface area contributed by atoms with Crippen molar-refractivity contribution >= 4 is 23.5 Å². The lowest BCUT2D eigenvalue weighted by atomic mass is 10.2. The van der Waals surface area contributed by atoms with Crippen molar-refractivity contribution in [3.05, 3.63) is 52.7 Å². The Labute approximate surface area is 177 Å². The van der Waals surface area contributed by atoms with Gasteiger partial charge in [-0.05, 0) is 57.4 Å². The zero-order valence-electron chi connectivity index (χ0n) is 16.9. The average molecular weight is 425 g/mol. The molecule has 0 bridgehead atoms. The van der Waals surface area contributed by atoms with Crippen molar-refractivity contribution < 1.29 is 9.18 Å². The summed E-state index contributed by atoms with van der Waals surface area (Å²) in [5, 5.41) is 21.5. The maximum atomic E-state index is 13.8. The number of nitrogens with zero attached hydrogens (tertiary/aromatic N) is 5.